The fourth-order valence-electron chi connectivity index (χ4n) is 2.47. The summed E-state index contributed by atoms with van der Waals surface area (Å²) < 4.78 is 5.51. The van der Waals surface area contributed by atoms with Crippen LogP contribution in [0.2, 0.25) is 0 Å². The molecule has 0 saturated heterocycles. The van der Waals surface area contributed by atoms with Gasteiger partial charge in [0.2, 0.25) is 11.1 Å². The summed E-state index contributed by atoms with van der Waals surface area (Å²) in [5.74, 6) is 1.01. The summed E-state index contributed by atoms with van der Waals surface area (Å²) in [7, 11) is 0. The lowest BCUT2D eigenvalue weighted by Crippen LogP contribution is -2.13. The Labute approximate surface area is 156 Å². The maximum Gasteiger partial charge on any atom is 0.277 e. The molecular weight excluding hydrogens is 372 g/mol. The molecule has 1 aliphatic heterocycles. The van der Waals surface area contributed by atoms with Crippen LogP contribution in [-0.2, 0) is 6.42 Å². The number of thioether (sulfide) groups is 1. The van der Waals surface area contributed by atoms with Gasteiger partial charge >= 0.3 is 0 Å². The van der Waals surface area contributed by atoms with Crippen molar-refractivity contribution in [3.63, 3.8) is 0 Å². The van der Waals surface area contributed by atoms with Crippen molar-refractivity contribution < 1.29 is 9.53 Å². The number of thiazole rings is 1. The van der Waals surface area contributed by atoms with Crippen LogP contribution in [0.1, 0.15) is 16.1 Å². The maximum atomic E-state index is 12.3. The molecule has 1 aromatic carbocycles. The molecule has 0 spiro atoms. The number of carbonyl (C=O) groups excluding carboxylic acids is 1. The Kier molecular flexibility index (Phi) is 4.55. The topological polar surface area (TPSA) is 117 Å². The van der Waals surface area contributed by atoms with Crippen molar-refractivity contribution in [3.05, 3.63) is 34.8 Å². The summed E-state index contributed by atoms with van der Waals surface area (Å²) in [6, 6.07) is 7.93. The molecule has 2 aromatic heterocycles. The van der Waals surface area contributed by atoms with Gasteiger partial charge in [0.15, 0.2) is 0 Å². The van der Waals surface area contributed by atoms with E-state index in [2.05, 4.69) is 31.5 Å². The number of nitrogens with one attached hydrogen (secondary N) is 2. The quantitative estimate of drug-likeness (QED) is 0.650. The zero-order valence-electron chi connectivity index (χ0n) is 13.4. The number of hydrogen-bond donors (Lipinski definition) is 2. The summed E-state index contributed by atoms with van der Waals surface area (Å²) in [5.41, 5.74) is 2.44. The maximum absolute atomic E-state index is 12.3. The number of carbonyl (C=O) groups is 1. The van der Waals surface area contributed by atoms with E-state index in [1.54, 1.807) is 5.38 Å². The van der Waals surface area contributed by atoms with Gasteiger partial charge in [-0.15, -0.1) is 16.4 Å². The number of nitriles is 1. The molecule has 1 aliphatic rings. The molecule has 10 heteroatoms. The molecule has 8 nitrogen and oxygen atoms in total. The van der Waals surface area contributed by atoms with Gasteiger partial charge in [-0.2, -0.15) is 10.2 Å². The first-order valence-electron chi connectivity index (χ1n) is 7.68. The van der Waals surface area contributed by atoms with Crippen LogP contribution in [0.4, 0.5) is 5.95 Å². The highest BCUT2D eigenvalue weighted by Crippen LogP contribution is 2.32. The molecule has 0 radical (unpaired) electrons. The van der Waals surface area contributed by atoms with E-state index in [0.29, 0.717) is 17.5 Å². The first-order valence-corrected chi connectivity index (χ1v) is 9.54. The van der Waals surface area contributed by atoms with Gasteiger partial charge in [-0.25, -0.2) is 10.1 Å². The molecule has 4 rings (SSSR count). The average molecular weight is 384 g/mol. The summed E-state index contributed by atoms with van der Waals surface area (Å²) in [6.07, 6.45) is 0.888. The second-order valence-electron chi connectivity index (χ2n) is 5.33. The predicted molar refractivity (Wildman–Crippen MR) is 97.4 cm³/mol. The highest BCUT2D eigenvalue weighted by molar-refractivity contribution is 7.99. The molecule has 3 heterocycles. The van der Waals surface area contributed by atoms with Crippen molar-refractivity contribution in [3.8, 4) is 22.4 Å². The van der Waals surface area contributed by atoms with E-state index in [1.165, 1.54) is 23.1 Å². The van der Waals surface area contributed by atoms with Gasteiger partial charge in [0, 0.05) is 17.4 Å². The van der Waals surface area contributed by atoms with Crippen LogP contribution in [-0.4, -0.2) is 38.4 Å². The molecule has 0 aliphatic carbocycles. The van der Waals surface area contributed by atoms with E-state index >= 15 is 0 Å². The van der Waals surface area contributed by atoms with E-state index in [1.807, 2.05) is 18.2 Å². The second kappa shape index (κ2) is 7.15. The van der Waals surface area contributed by atoms with Crippen LogP contribution >= 0.6 is 23.1 Å². The molecule has 0 saturated carbocycles. The third-order valence-electron chi connectivity index (χ3n) is 3.64. The first-order chi connectivity index (χ1) is 12.7. The Bertz CT molecular complexity index is 1010. The van der Waals surface area contributed by atoms with E-state index in [0.717, 1.165) is 28.3 Å². The van der Waals surface area contributed by atoms with Crippen molar-refractivity contribution in [2.45, 2.75) is 11.6 Å². The van der Waals surface area contributed by atoms with Gasteiger partial charge in [0.1, 0.15) is 16.5 Å². The molecular formula is C16H12N6O2S2. The Morgan fingerprint density at radius 1 is 1.46 bits per heavy atom. The van der Waals surface area contributed by atoms with Crippen LogP contribution in [0.25, 0.3) is 10.6 Å². The summed E-state index contributed by atoms with van der Waals surface area (Å²) >= 11 is 2.59. The lowest BCUT2D eigenvalue weighted by molar-refractivity contribution is 0.102. The second-order valence-corrected chi connectivity index (χ2v) is 7.13. The predicted octanol–water partition coefficient (Wildman–Crippen LogP) is 2.73. The summed E-state index contributed by atoms with van der Waals surface area (Å²) in [5, 5.41) is 20.6. The highest BCUT2D eigenvalue weighted by atomic mass is 32.2. The Morgan fingerprint density at radius 3 is 3.27 bits per heavy atom. The van der Waals surface area contributed by atoms with Crippen molar-refractivity contribution >= 4 is 35.0 Å². The number of amides is 1. The minimum atomic E-state index is -0.370. The Hall–Kier alpha value is -2.90. The Morgan fingerprint density at radius 2 is 2.38 bits per heavy atom. The lowest BCUT2D eigenvalue weighted by atomic mass is 10.1. The van der Waals surface area contributed by atoms with Crippen LogP contribution in [0, 0.1) is 11.3 Å². The van der Waals surface area contributed by atoms with Crippen molar-refractivity contribution in [2.24, 2.45) is 0 Å². The largest absolute Gasteiger partial charge is 0.493 e. The zero-order chi connectivity index (χ0) is 17.9. The number of benzene rings is 1. The van der Waals surface area contributed by atoms with Crippen LogP contribution in [0.3, 0.4) is 0 Å². The minimum Gasteiger partial charge on any atom is -0.493 e. The molecule has 2 N–H and O–H groups in total. The van der Waals surface area contributed by atoms with Gasteiger partial charge in [-0.1, -0.05) is 11.8 Å². The number of H-pyrrole nitrogens is 1. The number of ether oxygens (including phenoxy) is 1. The zero-order valence-corrected chi connectivity index (χ0v) is 15.0. The average Bonchev–Trinajstić information content (AvgIpc) is 3.39. The highest BCUT2D eigenvalue weighted by Gasteiger charge is 2.17. The number of nitrogens with zero attached hydrogens (tertiary/aromatic N) is 4. The van der Waals surface area contributed by atoms with Gasteiger partial charge < -0.3 is 4.74 Å². The van der Waals surface area contributed by atoms with Gasteiger partial charge in [-0.05, 0) is 23.8 Å². The molecule has 130 valence electrons. The van der Waals surface area contributed by atoms with Crippen molar-refractivity contribution in [2.75, 3.05) is 17.7 Å². The smallest absolute Gasteiger partial charge is 0.277 e. The third-order valence-corrected chi connectivity index (χ3v) is 5.24. The van der Waals surface area contributed by atoms with E-state index in [-0.39, 0.29) is 17.6 Å². The number of hydrogen-bond acceptors (Lipinski definition) is 8. The van der Waals surface area contributed by atoms with Gasteiger partial charge in [0.05, 0.1) is 18.4 Å². The molecule has 26 heavy (non-hydrogen) atoms. The monoisotopic (exact) mass is 384 g/mol. The number of aromatic amines is 1. The minimum absolute atomic E-state index is 0.222. The van der Waals surface area contributed by atoms with Crippen LogP contribution < -0.4 is 10.1 Å². The van der Waals surface area contributed by atoms with E-state index in [4.69, 9.17) is 10.00 Å². The molecule has 0 atom stereocenters. The lowest BCUT2D eigenvalue weighted by Gasteiger charge is -2.01. The van der Waals surface area contributed by atoms with Crippen LogP contribution in [0.15, 0.2) is 28.7 Å². The van der Waals surface area contributed by atoms with Crippen LogP contribution in [0.5, 0.6) is 5.75 Å². The summed E-state index contributed by atoms with van der Waals surface area (Å²) in [4.78, 5) is 20.8. The third kappa shape index (κ3) is 3.40. The molecule has 0 fully saturated rings. The van der Waals surface area contributed by atoms with Gasteiger partial charge in [-0.3, -0.25) is 10.1 Å². The number of anilines is 1. The first kappa shape index (κ1) is 16.6. The van der Waals surface area contributed by atoms with E-state index < -0.39 is 0 Å². The standard InChI is InChI=1S/C16H12N6O2S2/c17-4-6-25-16-20-15(21-22-16)19-13(23)11-8-26-14(18-11)10-1-2-12-9(7-10)3-5-24-12/h1-2,7-8H,3,5-6H2,(H2,19,20,21,22,23). The molecule has 1 amide bonds. The van der Waals surface area contributed by atoms with Crippen molar-refractivity contribution in [1.29, 1.82) is 5.26 Å². The summed E-state index contributed by atoms with van der Waals surface area (Å²) in [6.45, 7) is 0.704. The Balaban J connectivity index is 1.46. The number of rotatable bonds is 5. The normalized spacial score (nSPS) is 12.3. The fourth-order valence-corrected chi connectivity index (χ4v) is 3.72. The fraction of sp³-hybridized carbons (Fsp3) is 0.188. The molecule has 0 unspecified atom stereocenters. The molecule has 0 bridgehead atoms. The molecule has 3 aromatic rings. The van der Waals surface area contributed by atoms with Gasteiger partial charge in [0.25, 0.3) is 5.91 Å². The van der Waals surface area contributed by atoms with E-state index in [9.17, 15) is 4.79 Å². The number of aromatic nitrogens is 4. The van der Waals surface area contributed by atoms with Crippen molar-refractivity contribution in [1.82, 2.24) is 20.2 Å². The SMILES string of the molecule is N#CCSc1n[nH]c(NC(=O)c2csc(-c3ccc4c(c3)CCO4)n2)n1. The number of fused-ring (bicyclic) bond motifs is 1.